The molecule has 1 aromatic carbocycles. The first-order valence-corrected chi connectivity index (χ1v) is 6.95. The van der Waals surface area contributed by atoms with Crippen LogP contribution in [0, 0.1) is 5.82 Å². The highest BCUT2D eigenvalue weighted by atomic mass is 19.3. The Morgan fingerprint density at radius 2 is 1.88 bits per heavy atom. The van der Waals surface area contributed by atoms with Crippen molar-refractivity contribution >= 4 is 11.9 Å². The fourth-order valence-electron chi connectivity index (χ4n) is 1.83. The lowest BCUT2D eigenvalue weighted by Crippen LogP contribution is -2.27. The summed E-state index contributed by atoms with van der Waals surface area (Å²) in [6.45, 7) is 1.81. The number of aromatic nitrogens is 2. The molecule has 0 saturated heterocycles. The molecule has 0 aliphatic rings. The minimum absolute atomic E-state index is 0.0707. The van der Waals surface area contributed by atoms with Gasteiger partial charge in [-0.15, -0.1) is 0 Å². The molecule has 2 N–H and O–H groups in total. The van der Waals surface area contributed by atoms with Crippen LogP contribution in [0.25, 0.3) is 11.3 Å². The molecule has 1 amide bonds. The molecule has 0 spiro atoms. The fourth-order valence-corrected chi connectivity index (χ4v) is 1.83. The standard InChI is InChI=1S/C15H16F3N3O3/c1-15(2,3)24-14(22)19-12-11(23-13(17)18)10(20-21-12)8-4-6-9(16)7-5-8/h4-7,13H,1-3H3,(H2,19,20,21,22). The number of rotatable bonds is 4. The molecule has 2 aromatic rings. The zero-order valence-electron chi connectivity index (χ0n) is 13.2. The van der Waals surface area contributed by atoms with Gasteiger partial charge in [0.25, 0.3) is 0 Å². The van der Waals surface area contributed by atoms with Crippen LogP contribution in [-0.2, 0) is 4.74 Å². The molecule has 1 aromatic heterocycles. The Hall–Kier alpha value is -2.71. The molecule has 1 heterocycles. The highest BCUT2D eigenvalue weighted by Crippen LogP contribution is 2.35. The summed E-state index contributed by atoms with van der Waals surface area (Å²) in [4.78, 5) is 11.8. The summed E-state index contributed by atoms with van der Waals surface area (Å²) in [7, 11) is 0. The molecular formula is C15H16F3N3O3. The summed E-state index contributed by atoms with van der Waals surface area (Å²) in [6, 6.07) is 5.03. The number of benzene rings is 1. The number of amides is 1. The Labute approximate surface area is 136 Å². The number of nitrogens with zero attached hydrogens (tertiary/aromatic N) is 1. The van der Waals surface area contributed by atoms with Crippen LogP contribution < -0.4 is 10.1 Å². The van der Waals surface area contributed by atoms with Gasteiger partial charge in [0.2, 0.25) is 5.82 Å². The van der Waals surface area contributed by atoms with Crippen molar-refractivity contribution in [3.63, 3.8) is 0 Å². The van der Waals surface area contributed by atoms with Crippen molar-refractivity contribution in [2.75, 3.05) is 5.32 Å². The quantitative estimate of drug-likeness (QED) is 0.874. The highest BCUT2D eigenvalue weighted by molar-refractivity contribution is 5.88. The molecule has 0 atom stereocenters. The van der Waals surface area contributed by atoms with Crippen LogP contribution in [0.2, 0.25) is 0 Å². The molecule has 0 fully saturated rings. The Bertz CT molecular complexity index is 709. The third kappa shape index (κ3) is 4.64. The molecule has 6 nitrogen and oxygen atoms in total. The van der Waals surface area contributed by atoms with Crippen LogP contribution in [0.1, 0.15) is 20.8 Å². The number of nitrogens with one attached hydrogen (secondary N) is 2. The number of anilines is 1. The molecule has 0 aliphatic carbocycles. The molecular weight excluding hydrogens is 327 g/mol. The van der Waals surface area contributed by atoms with Crippen LogP contribution in [0.15, 0.2) is 24.3 Å². The van der Waals surface area contributed by atoms with Gasteiger partial charge in [-0.05, 0) is 45.0 Å². The fraction of sp³-hybridized carbons (Fsp3) is 0.333. The molecule has 0 saturated carbocycles. The average Bonchev–Trinajstić information content (AvgIpc) is 2.80. The van der Waals surface area contributed by atoms with Crippen LogP contribution in [0.5, 0.6) is 5.75 Å². The van der Waals surface area contributed by atoms with Crippen molar-refractivity contribution in [3.8, 4) is 17.0 Å². The number of carbonyl (C=O) groups is 1. The van der Waals surface area contributed by atoms with Gasteiger partial charge in [-0.25, -0.2) is 9.18 Å². The van der Waals surface area contributed by atoms with Gasteiger partial charge in [-0.3, -0.25) is 10.4 Å². The van der Waals surface area contributed by atoms with E-state index >= 15 is 0 Å². The topological polar surface area (TPSA) is 76.2 Å². The van der Waals surface area contributed by atoms with Crippen molar-refractivity contribution in [3.05, 3.63) is 30.1 Å². The lowest BCUT2D eigenvalue weighted by molar-refractivity contribution is -0.0490. The van der Waals surface area contributed by atoms with Gasteiger partial charge in [0.15, 0.2) is 5.75 Å². The third-order valence-electron chi connectivity index (χ3n) is 2.68. The molecule has 24 heavy (non-hydrogen) atoms. The van der Waals surface area contributed by atoms with Crippen molar-refractivity contribution < 1.29 is 27.4 Å². The van der Waals surface area contributed by atoms with Gasteiger partial charge in [-0.1, -0.05) is 0 Å². The largest absolute Gasteiger partial charge is 0.444 e. The van der Waals surface area contributed by atoms with Crippen molar-refractivity contribution in [2.24, 2.45) is 0 Å². The lowest BCUT2D eigenvalue weighted by Gasteiger charge is -2.19. The maximum absolute atomic E-state index is 13.0. The molecule has 0 bridgehead atoms. The number of H-pyrrole nitrogens is 1. The van der Waals surface area contributed by atoms with E-state index in [9.17, 15) is 18.0 Å². The predicted octanol–water partition coefficient (Wildman–Crippen LogP) is 4.16. The average molecular weight is 343 g/mol. The summed E-state index contributed by atoms with van der Waals surface area (Å²) in [5, 5.41) is 8.47. The van der Waals surface area contributed by atoms with Crippen molar-refractivity contribution in [2.45, 2.75) is 33.0 Å². The van der Waals surface area contributed by atoms with Gasteiger partial charge in [0, 0.05) is 5.56 Å². The van der Waals surface area contributed by atoms with Crippen LogP contribution in [0.4, 0.5) is 23.8 Å². The number of hydrogen-bond acceptors (Lipinski definition) is 4. The number of carbonyl (C=O) groups excluding carboxylic acids is 1. The van der Waals surface area contributed by atoms with E-state index in [-0.39, 0.29) is 17.3 Å². The normalized spacial score (nSPS) is 11.5. The van der Waals surface area contributed by atoms with Crippen molar-refractivity contribution in [1.82, 2.24) is 10.2 Å². The molecule has 0 aliphatic heterocycles. The smallest absolute Gasteiger partial charge is 0.413 e. The molecule has 9 heteroatoms. The van der Waals surface area contributed by atoms with E-state index in [4.69, 9.17) is 4.74 Å². The van der Waals surface area contributed by atoms with Gasteiger partial charge in [-0.2, -0.15) is 13.9 Å². The van der Waals surface area contributed by atoms with E-state index in [0.717, 1.165) is 12.1 Å². The second-order valence-electron chi connectivity index (χ2n) is 5.79. The van der Waals surface area contributed by atoms with E-state index in [1.54, 1.807) is 20.8 Å². The molecule has 130 valence electrons. The van der Waals surface area contributed by atoms with Crippen LogP contribution in [-0.4, -0.2) is 28.5 Å². The minimum Gasteiger partial charge on any atom is -0.444 e. The van der Waals surface area contributed by atoms with Gasteiger partial charge >= 0.3 is 12.7 Å². The number of ether oxygens (including phenoxy) is 2. The maximum atomic E-state index is 13.0. The Kier molecular flexibility index (Phi) is 5.01. The number of halogens is 3. The molecule has 0 unspecified atom stereocenters. The van der Waals surface area contributed by atoms with E-state index in [0.29, 0.717) is 5.56 Å². The van der Waals surface area contributed by atoms with Gasteiger partial charge < -0.3 is 9.47 Å². The van der Waals surface area contributed by atoms with E-state index < -0.39 is 24.1 Å². The summed E-state index contributed by atoms with van der Waals surface area (Å²) < 4.78 is 47.8. The summed E-state index contributed by atoms with van der Waals surface area (Å²) in [5.74, 6) is -1.12. The maximum Gasteiger partial charge on any atom is 0.413 e. The van der Waals surface area contributed by atoms with Gasteiger partial charge in [0.05, 0.1) is 0 Å². The second-order valence-corrected chi connectivity index (χ2v) is 5.79. The zero-order valence-corrected chi connectivity index (χ0v) is 13.2. The Morgan fingerprint density at radius 3 is 2.42 bits per heavy atom. The summed E-state index contributed by atoms with van der Waals surface area (Å²) in [5.41, 5.74) is -0.345. The second kappa shape index (κ2) is 6.81. The Morgan fingerprint density at radius 1 is 1.25 bits per heavy atom. The van der Waals surface area contributed by atoms with E-state index in [1.807, 2.05) is 0 Å². The first kappa shape index (κ1) is 17.6. The number of alkyl halides is 2. The minimum atomic E-state index is -3.14. The van der Waals surface area contributed by atoms with E-state index in [2.05, 4.69) is 20.3 Å². The molecule has 0 radical (unpaired) electrons. The zero-order chi connectivity index (χ0) is 17.9. The summed E-state index contributed by atoms with van der Waals surface area (Å²) in [6.07, 6.45) is -0.876. The van der Waals surface area contributed by atoms with Crippen LogP contribution >= 0.6 is 0 Å². The highest BCUT2D eigenvalue weighted by Gasteiger charge is 2.24. The predicted molar refractivity (Wildman–Crippen MR) is 80.5 cm³/mol. The van der Waals surface area contributed by atoms with Gasteiger partial charge in [0.1, 0.15) is 17.1 Å². The molecule has 2 rings (SSSR count). The SMILES string of the molecule is CC(C)(C)OC(=O)Nc1n[nH]c(-c2ccc(F)cc2)c1OC(F)F. The first-order valence-electron chi connectivity index (χ1n) is 6.95. The first-order chi connectivity index (χ1) is 11.2. The number of hydrogen-bond donors (Lipinski definition) is 2. The van der Waals surface area contributed by atoms with E-state index in [1.165, 1.54) is 12.1 Å². The van der Waals surface area contributed by atoms with Crippen LogP contribution in [0.3, 0.4) is 0 Å². The third-order valence-corrected chi connectivity index (χ3v) is 2.68. The monoisotopic (exact) mass is 343 g/mol. The summed E-state index contributed by atoms with van der Waals surface area (Å²) >= 11 is 0. The lowest BCUT2D eigenvalue weighted by atomic mass is 10.1. The van der Waals surface area contributed by atoms with Crippen molar-refractivity contribution in [1.29, 1.82) is 0 Å². The number of aromatic amines is 1. The Balaban J connectivity index is 2.32.